The molecule has 1 unspecified atom stereocenters. The van der Waals surface area contributed by atoms with Gasteiger partial charge in [0.2, 0.25) is 0 Å². The first-order valence-electron chi connectivity index (χ1n) is 10.00. The summed E-state index contributed by atoms with van der Waals surface area (Å²) in [6.45, 7) is 3.77. The van der Waals surface area contributed by atoms with Crippen LogP contribution in [0.3, 0.4) is 0 Å². The van der Waals surface area contributed by atoms with Gasteiger partial charge in [-0.25, -0.2) is 13.5 Å². The molecule has 0 aliphatic heterocycles. The van der Waals surface area contributed by atoms with Crippen molar-refractivity contribution in [1.29, 1.82) is 10.8 Å². The molecule has 160 valence electrons. The molecule has 1 aromatic carbocycles. The van der Waals surface area contributed by atoms with Crippen LogP contribution in [0.2, 0.25) is 0 Å². The average molecular weight is 424 g/mol. The predicted octanol–water partition coefficient (Wildman–Crippen LogP) is 3.97. The third-order valence-electron chi connectivity index (χ3n) is 5.32. The van der Waals surface area contributed by atoms with Gasteiger partial charge < -0.3 is 4.84 Å². The summed E-state index contributed by atoms with van der Waals surface area (Å²) >= 11 is 0. The van der Waals surface area contributed by atoms with Crippen LogP contribution in [0.25, 0.3) is 10.9 Å². The quantitative estimate of drug-likeness (QED) is 0.356. The molecule has 9 heteroatoms. The lowest BCUT2D eigenvalue weighted by molar-refractivity contribution is 0.134. The smallest absolute Gasteiger partial charge is 0.148 e. The number of aromatic nitrogens is 3. The molecule has 1 fully saturated rings. The largest absolute Gasteiger partial charge is 0.395 e. The molecule has 1 aliphatic rings. The van der Waals surface area contributed by atoms with E-state index in [9.17, 15) is 4.39 Å². The van der Waals surface area contributed by atoms with E-state index < -0.39 is 17.6 Å². The zero-order valence-corrected chi connectivity index (χ0v) is 17.2. The monoisotopic (exact) mass is 424 g/mol. The van der Waals surface area contributed by atoms with Gasteiger partial charge in [0.25, 0.3) is 0 Å². The summed E-state index contributed by atoms with van der Waals surface area (Å²) in [5.74, 6) is -2.24. The molecule has 0 radical (unpaired) electrons. The highest BCUT2D eigenvalue weighted by molar-refractivity contribution is 5.97. The molecule has 0 amide bonds. The average Bonchev–Trinajstić information content (AvgIpc) is 3.58. The molecule has 0 bridgehead atoms. The Labute approximate surface area is 177 Å². The van der Waals surface area contributed by atoms with Crippen molar-refractivity contribution in [2.24, 2.45) is 11.1 Å². The molecular formula is C22H22F2N6O. The number of halogens is 2. The third-order valence-corrected chi connectivity index (χ3v) is 5.32. The summed E-state index contributed by atoms with van der Waals surface area (Å²) < 4.78 is 30.9. The molecule has 2 aromatic heterocycles. The maximum Gasteiger partial charge on any atom is 0.148 e. The van der Waals surface area contributed by atoms with Crippen LogP contribution >= 0.6 is 0 Å². The number of rotatable bonds is 6. The van der Waals surface area contributed by atoms with E-state index in [1.165, 1.54) is 25.3 Å². The maximum absolute atomic E-state index is 15.1. The molecule has 7 nitrogen and oxygen atoms in total. The minimum absolute atomic E-state index is 0.0874. The number of fused-ring (bicyclic) bond motifs is 1. The molecule has 3 aromatic rings. The number of pyridine rings is 1. The topological polar surface area (TPSA) is 100 Å². The van der Waals surface area contributed by atoms with Crippen LogP contribution in [0.5, 0.6) is 0 Å². The summed E-state index contributed by atoms with van der Waals surface area (Å²) in [5.41, 5.74) is 0.752. The van der Waals surface area contributed by atoms with Crippen LogP contribution in [0, 0.1) is 28.4 Å². The minimum Gasteiger partial charge on any atom is -0.395 e. The van der Waals surface area contributed by atoms with Gasteiger partial charge in [-0.2, -0.15) is 5.10 Å². The van der Waals surface area contributed by atoms with E-state index in [2.05, 4.69) is 15.2 Å². The molecule has 2 N–H and O–H groups in total. The van der Waals surface area contributed by atoms with Gasteiger partial charge in [0.15, 0.2) is 0 Å². The Morgan fingerprint density at radius 1 is 1.32 bits per heavy atom. The molecule has 31 heavy (non-hydrogen) atoms. The fourth-order valence-corrected chi connectivity index (χ4v) is 3.25. The van der Waals surface area contributed by atoms with Crippen LogP contribution in [-0.2, 0) is 4.84 Å². The SMILES string of the molecule is CC(=NOCC1CC1)c1ccc(=N)n(C(=N)C(C)c2c(F)cc3ncccc3c2F)n1. The molecule has 4 rings (SSSR count). The van der Waals surface area contributed by atoms with Crippen molar-refractivity contribution in [3.63, 3.8) is 0 Å². The van der Waals surface area contributed by atoms with Crippen LogP contribution in [0.15, 0.2) is 41.7 Å². The van der Waals surface area contributed by atoms with Gasteiger partial charge in [-0.3, -0.25) is 15.8 Å². The number of hydrogen-bond acceptors (Lipinski definition) is 6. The number of oxime groups is 1. The Morgan fingerprint density at radius 3 is 2.84 bits per heavy atom. The molecular weight excluding hydrogens is 402 g/mol. The fraction of sp³-hybridized carbons (Fsp3) is 0.318. The van der Waals surface area contributed by atoms with Crippen LogP contribution in [-0.4, -0.2) is 32.9 Å². The van der Waals surface area contributed by atoms with Crippen molar-refractivity contribution < 1.29 is 13.6 Å². The van der Waals surface area contributed by atoms with E-state index in [0.717, 1.165) is 23.6 Å². The standard InChI is InChI=1S/C22H22F2N6O/c1-12(20-16(23)10-18-15(21(20)24)4-3-9-27-18)22(26)30-19(25)8-7-17(28-30)13(2)29-31-11-14-5-6-14/h3-4,7-10,12,14,25-26H,5-6,11H2,1-2H3. The Balaban J connectivity index is 1.66. The zero-order valence-electron chi connectivity index (χ0n) is 17.2. The summed E-state index contributed by atoms with van der Waals surface area (Å²) in [6, 6.07) is 7.29. The van der Waals surface area contributed by atoms with Crippen molar-refractivity contribution in [2.45, 2.75) is 32.6 Å². The van der Waals surface area contributed by atoms with Crippen molar-refractivity contribution in [3.05, 3.63) is 64.9 Å². The summed E-state index contributed by atoms with van der Waals surface area (Å²) in [5, 5.41) is 25.2. The highest BCUT2D eigenvalue weighted by Crippen LogP contribution is 2.29. The molecule has 1 atom stereocenters. The summed E-state index contributed by atoms with van der Waals surface area (Å²) in [7, 11) is 0. The van der Waals surface area contributed by atoms with Crippen molar-refractivity contribution in [1.82, 2.24) is 14.8 Å². The predicted molar refractivity (Wildman–Crippen MR) is 112 cm³/mol. The first-order chi connectivity index (χ1) is 14.9. The van der Waals surface area contributed by atoms with Crippen LogP contribution in [0.4, 0.5) is 8.78 Å². The van der Waals surface area contributed by atoms with E-state index in [0.29, 0.717) is 23.9 Å². The molecule has 0 spiro atoms. The highest BCUT2D eigenvalue weighted by Gasteiger charge is 2.25. The van der Waals surface area contributed by atoms with Crippen LogP contribution in [0.1, 0.15) is 43.9 Å². The van der Waals surface area contributed by atoms with Gasteiger partial charge in [0.1, 0.15) is 41.0 Å². The zero-order chi connectivity index (χ0) is 22.1. The lowest BCUT2D eigenvalue weighted by Crippen LogP contribution is -2.33. The molecule has 1 aliphatic carbocycles. The van der Waals surface area contributed by atoms with Gasteiger partial charge in [0, 0.05) is 29.1 Å². The Bertz CT molecular complexity index is 1250. The highest BCUT2D eigenvalue weighted by atomic mass is 19.1. The molecule has 0 saturated heterocycles. The Morgan fingerprint density at radius 2 is 2.10 bits per heavy atom. The van der Waals surface area contributed by atoms with Crippen molar-refractivity contribution in [2.75, 3.05) is 6.61 Å². The summed E-state index contributed by atoms with van der Waals surface area (Å²) in [6.07, 6.45) is 3.75. The lowest BCUT2D eigenvalue weighted by Gasteiger charge is -2.18. The molecule has 2 heterocycles. The number of nitrogens with zero attached hydrogens (tertiary/aromatic N) is 4. The second-order valence-corrected chi connectivity index (χ2v) is 7.69. The van der Waals surface area contributed by atoms with Gasteiger partial charge in [-0.05, 0) is 49.9 Å². The van der Waals surface area contributed by atoms with Gasteiger partial charge >= 0.3 is 0 Å². The third kappa shape index (κ3) is 4.21. The lowest BCUT2D eigenvalue weighted by atomic mass is 9.96. The number of benzene rings is 1. The van der Waals surface area contributed by atoms with Crippen molar-refractivity contribution in [3.8, 4) is 0 Å². The summed E-state index contributed by atoms with van der Waals surface area (Å²) in [4.78, 5) is 9.31. The van der Waals surface area contributed by atoms with Crippen LogP contribution < -0.4 is 5.49 Å². The van der Waals surface area contributed by atoms with Crippen molar-refractivity contribution >= 4 is 22.5 Å². The van der Waals surface area contributed by atoms with Gasteiger partial charge in [-0.15, -0.1) is 0 Å². The second kappa shape index (κ2) is 8.33. The normalized spacial score (nSPS) is 15.2. The van der Waals surface area contributed by atoms with E-state index >= 15 is 4.39 Å². The van der Waals surface area contributed by atoms with E-state index in [4.69, 9.17) is 15.7 Å². The number of nitrogens with one attached hydrogen (secondary N) is 2. The second-order valence-electron chi connectivity index (χ2n) is 7.69. The van der Waals surface area contributed by atoms with Gasteiger partial charge in [0.05, 0.1) is 5.52 Å². The first kappa shape index (κ1) is 20.8. The van der Waals surface area contributed by atoms with E-state index in [1.54, 1.807) is 19.1 Å². The first-order valence-corrected chi connectivity index (χ1v) is 10.00. The van der Waals surface area contributed by atoms with Gasteiger partial charge in [-0.1, -0.05) is 12.1 Å². The minimum atomic E-state index is -0.996. The fourth-order valence-electron chi connectivity index (χ4n) is 3.25. The molecule has 1 saturated carbocycles. The maximum atomic E-state index is 15.1. The van der Waals surface area contributed by atoms with E-state index in [-0.39, 0.29) is 27.8 Å². The Kier molecular flexibility index (Phi) is 5.58. The van der Waals surface area contributed by atoms with E-state index in [1.807, 2.05) is 0 Å². The Hall–Kier alpha value is -3.49. The number of hydrogen-bond donors (Lipinski definition) is 2.